The molecule has 1 saturated carbocycles. The van der Waals surface area contributed by atoms with E-state index in [0.717, 1.165) is 12.8 Å². The van der Waals surface area contributed by atoms with Gasteiger partial charge in [0.05, 0.1) is 5.69 Å². The lowest BCUT2D eigenvalue weighted by atomic mass is 10.1. The number of amides is 1. The summed E-state index contributed by atoms with van der Waals surface area (Å²) in [6.07, 6.45) is 2.20. The zero-order valence-electron chi connectivity index (χ0n) is 11.5. The minimum atomic E-state index is 0.0708. The first-order valence-corrected chi connectivity index (χ1v) is 7.72. The predicted molar refractivity (Wildman–Crippen MR) is 82.8 cm³/mol. The lowest BCUT2D eigenvalue weighted by Gasteiger charge is -2.22. The van der Waals surface area contributed by atoms with Crippen LogP contribution in [0.15, 0.2) is 35.7 Å². The van der Waals surface area contributed by atoms with Crippen molar-refractivity contribution in [2.45, 2.75) is 32.4 Å². The third-order valence-electron chi connectivity index (χ3n) is 3.57. The van der Waals surface area contributed by atoms with Gasteiger partial charge in [0.2, 0.25) is 0 Å². The van der Waals surface area contributed by atoms with E-state index in [4.69, 9.17) is 5.73 Å². The van der Waals surface area contributed by atoms with Crippen LogP contribution in [0.2, 0.25) is 0 Å². The van der Waals surface area contributed by atoms with Crippen molar-refractivity contribution in [3.63, 3.8) is 0 Å². The zero-order valence-corrected chi connectivity index (χ0v) is 12.3. The number of nitrogens with zero attached hydrogens (tertiary/aromatic N) is 1. The Morgan fingerprint density at radius 3 is 2.80 bits per heavy atom. The van der Waals surface area contributed by atoms with E-state index in [2.05, 4.69) is 25.1 Å². The number of aryl methyl sites for hydroxylation is 1. The highest BCUT2D eigenvalue weighted by Gasteiger charge is 2.34. The summed E-state index contributed by atoms with van der Waals surface area (Å²) in [6, 6.07) is 10.5. The van der Waals surface area contributed by atoms with Crippen molar-refractivity contribution in [2.24, 2.45) is 0 Å². The Labute approximate surface area is 123 Å². The molecule has 1 heterocycles. The molecule has 1 fully saturated rings. The number of rotatable bonds is 4. The summed E-state index contributed by atoms with van der Waals surface area (Å²) in [4.78, 5) is 15.3. The van der Waals surface area contributed by atoms with Crippen LogP contribution in [0, 0.1) is 6.92 Å². The number of nitrogen functional groups attached to an aromatic ring is 1. The molecule has 0 atom stereocenters. The van der Waals surface area contributed by atoms with Gasteiger partial charge in [0.15, 0.2) is 0 Å². The van der Waals surface area contributed by atoms with Crippen molar-refractivity contribution in [3.8, 4) is 0 Å². The average Bonchev–Trinajstić information content (AvgIpc) is 3.17. The van der Waals surface area contributed by atoms with Gasteiger partial charge in [-0.15, -0.1) is 11.3 Å². The summed E-state index contributed by atoms with van der Waals surface area (Å²) in [5, 5.41) is 1.88. The quantitative estimate of drug-likeness (QED) is 0.935. The molecule has 2 aromatic rings. The maximum absolute atomic E-state index is 12.7. The van der Waals surface area contributed by atoms with Gasteiger partial charge in [0, 0.05) is 12.6 Å². The predicted octanol–water partition coefficient (Wildman–Crippen LogP) is 3.44. The second kappa shape index (κ2) is 5.29. The Kier molecular flexibility index (Phi) is 3.49. The standard InChI is InChI=1S/C16H18N2OS/c1-11-3-2-4-12(9-11)10-18(13-5-6-13)16(19)15-14(17)7-8-20-15/h2-4,7-9,13H,5-6,10,17H2,1H3. The Bertz CT molecular complexity index is 631. The minimum absolute atomic E-state index is 0.0708. The molecule has 1 aliphatic carbocycles. The topological polar surface area (TPSA) is 46.3 Å². The molecule has 0 unspecified atom stereocenters. The lowest BCUT2D eigenvalue weighted by molar-refractivity contribution is 0.0736. The van der Waals surface area contributed by atoms with Gasteiger partial charge in [-0.2, -0.15) is 0 Å². The van der Waals surface area contributed by atoms with Crippen LogP contribution >= 0.6 is 11.3 Å². The van der Waals surface area contributed by atoms with Crippen molar-refractivity contribution < 1.29 is 4.79 Å². The first-order chi connectivity index (χ1) is 9.65. The molecular formula is C16H18N2OS. The molecule has 0 aliphatic heterocycles. The Hall–Kier alpha value is -1.81. The van der Waals surface area contributed by atoms with Gasteiger partial charge in [-0.25, -0.2) is 0 Å². The van der Waals surface area contributed by atoms with E-state index in [1.165, 1.54) is 22.5 Å². The van der Waals surface area contributed by atoms with Gasteiger partial charge in [-0.1, -0.05) is 29.8 Å². The van der Waals surface area contributed by atoms with Crippen molar-refractivity contribution in [3.05, 3.63) is 51.7 Å². The fourth-order valence-corrected chi connectivity index (χ4v) is 3.16. The summed E-state index contributed by atoms with van der Waals surface area (Å²) >= 11 is 1.43. The van der Waals surface area contributed by atoms with Crippen LogP contribution in [0.25, 0.3) is 0 Å². The van der Waals surface area contributed by atoms with E-state index in [1.54, 1.807) is 6.07 Å². The van der Waals surface area contributed by atoms with E-state index in [1.807, 2.05) is 16.3 Å². The summed E-state index contributed by atoms with van der Waals surface area (Å²) in [5.41, 5.74) is 8.88. The van der Waals surface area contributed by atoms with Crippen LogP contribution in [0.5, 0.6) is 0 Å². The zero-order chi connectivity index (χ0) is 14.1. The van der Waals surface area contributed by atoms with Crippen LogP contribution in [0.1, 0.15) is 33.6 Å². The number of thiophene rings is 1. The second-order valence-corrected chi connectivity index (χ2v) is 6.27. The number of hydrogen-bond donors (Lipinski definition) is 1. The molecule has 4 heteroatoms. The molecule has 3 nitrogen and oxygen atoms in total. The molecule has 104 valence electrons. The van der Waals surface area contributed by atoms with Crippen molar-refractivity contribution in [1.29, 1.82) is 0 Å². The molecule has 0 saturated heterocycles. The van der Waals surface area contributed by atoms with Gasteiger partial charge in [-0.3, -0.25) is 4.79 Å². The van der Waals surface area contributed by atoms with Crippen LogP contribution in [-0.4, -0.2) is 16.8 Å². The van der Waals surface area contributed by atoms with E-state index < -0.39 is 0 Å². The molecule has 20 heavy (non-hydrogen) atoms. The largest absolute Gasteiger partial charge is 0.397 e. The highest BCUT2D eigenvalue weighted by atomic mass is 32.1. The van der Waals surface area contributed by atoms with Gasteiger partial charge in [0.1, 0.15) is 4.88 Å². The number of anilines is 1. The average molecular weight is 286 g/mol. The molecule has 1 aliphatic rings. The third-order valence-corrected chi connectivity index (χ3v) is 4.49. The van der Waals surface area contributed by atoms with E-state index in [9.17, 15) is 4.79 Å². The SMILES string of the molecule is Cc1cccc(CN(C(=O)c2sccc2N)C2CC2)c1. The maximum Gasteiger partial charge on any atom is 0.266 e. The first-order valence-electron chi connectivity index (χ1n) is 6.84. The van der Waals surface area contributed by atoms with Crippen LogP contribution in [-0.2, 0) is 6.54 Å². The van der Waals surface area contributed by atoms with Gasteiger partial charge in [0.25, 0.3) is 5.91 Å². The molecule has 1 amide bonds. The number of carbonyl (C=O) groups excluding carboxylic acids is 1. The highest BCUT2D eigenvalue weighted by Crippen LogP contribution is 2.32. The lowest BCUT2D eigenvalue weighted by Crippen LogP contribution is -2.32. The molecule has 0 bridgehead atoms. The third kappa shape index (κ3) is 2.70. The van der Waals surface area contributed by atoms with Crippen molar-refractivity contribution in [1.82, 2.24) is 4.90 Å². The Balaban J connectivity index is 1.83. The first kappa shape index (κ1) is 13.2. The molecule has 0 radical (unpaired) electrons. The van der Waals surface area contributed by atoms with Gasteiger partial charge in [-0.05, 0) is 36.8 Å². The monoisotopic (exact) mass is 286 g/mol. The van der Waals surface area contributed by atoms with Crippen LogP contribution < -0.4 is 5.73 Å². The summed E-state index contributed by atoms with van der Waals surface area (Å²) < 4.78 is 0. The molecule has 0 spiro atoms. The molecule has 1 aromatic carbocycles. The van der Waals surface area contributed by atoms with Crippen LogP contribution in [0.4, 0.5) is 5.69 Å². The van der Waals surface area contributed by atoms with Gasteiger partial charge < -0.3 is 10.6 Å². The fourth-order valence-electron chi connectivity index (χ4n) is 2.38. The Morgan fingerprint density at radius 1 is 1.40 bits per heavy atom. The van der Waals surface area contributed by atoms with Gasteiger partial charge >= 0.3 is 0 Å². The number of benzene rings is 1. The number of carbonyl (C=O) groups is 1. The number of nitrogens with two attached hydrogens (primary N) is 1. The minimum Gasteiger partial charge on any atom is -0.397 e. The van der Waals surface area contributed by atoms with Crippen molar-refractivity contribution in [2.75, 3.05) is 5.73 Å². The maximum atomic E-state index is 12.7. The van der Waals surface area contributed by atoms with E-state index in [-0.39, 0.29) is 5.91 Å². The van der Waals surface area contributed by atoms with E-state index >= 15 is 0 Å². The molecule has 1 aromatic heterocycles. The number of hydrogen-bond acceptors (Lipinski definition) is 3. The summed E-state index contributed by atoms with van der Waals surface area (Å²) in [6.45, 7) is 2.74. The molecular weight excluding hydrogens is 268 g/mol. The van der Waals surface area contributed by atoms with Crippen molar-refractivity contribution >= 4 is 22.9 Å². The smallest absolute Gasteiger partial charge is 0.266 e. The molecule has 3 rings (SSSR count). The summed E-state index contributed by atoms with van der Waals surface area (Å²) in [5.74, 6) is 0.0708. The normalized spacial score (nSPS) is 14.2. The molecule has 2 N–H and O–H groups in total. The Morgan fingerprint density at radius 2 is 2.20 bits per heavy atom. The van der Waals surface area contributed by atoms with E-state index in [0.29, 0.717) is 23.2 Å². The fraction of sp³-hybridized carbons (Fsp3) is 0.312. The second-order valence-electron chi connectivity index (χ2n) is 5.36. The summed E-state index contributed by atoms with van der Waals surface area (Å²) in [7, 11) is 0. The highest BCUT2D eigenvalue weighted by molar-refractivity contribution is 7.12. The van der Waals surface area contributed by atoms with Crippen LogP contribution in [0.3, 0.4) is 0 Å².